The van der Waals surface area contributed by atoms with Gasteiger partial charge in [0.25, 0.3) is 0 Å². The number of fused-ring (bicyclic) bond motifs is 1. The summed E-state index contributed by atoms with van der Waals surface area (Å²) in [6.07, 6.45) is 1.65. The van der Waals surface area contributed by atoms with E-state index in [1.54, 1.807) is 38.4 Å². The fourth-order valence-corrected chi connectivity index (χ4v) is 4.09. The highest BCUT2D eigenvalue weighted by molar-refractivity contribution is 5.73. The maximum atomic E-state index is 10.8. The SMILES string of the molecule is COc1cc(-c2ccc(-c3cnc(N4CCNC(C(C)C)C4)nn3)c(O)c2)nn2nc(C)nc12. The predicted octanol–water partition coefficient (Wildman–Crippen LogP) is 2.10. The summed E-state index contributed by atoms with van der Waals surface area (Å²) in [5.74, 6) is 2.32. The van der Waals surface area contributed by atoms with Crippen LogP contribution in [0.1, 0.15) is 19.7 Å². The summed E-state index contributed by atoms with van der Waals surface area (Å²) in [6.45, 7) is 8.74. The van der Waals surface area contributed by atoms with Crippen molar-refractivity contribution >= 4 is 11.6 Å². The molecule has 1 aliphatic rings. The van der Waals surface area contributed by atoms with E-state index in [1.165, 1.54) is 4.63 Å². The molecule has 1 fully saturated rings. The average Bonchev–Trinajstić information content (AvgIpc) is 3.23. The third kappa shape index (κ3) is 4.10. The van der Waals surface area contributed by atoms with Crippen molar-refractivity contribution in [2.24, 2.45) is 5.92 Å². The minimum Gasteiger partial charge on any atom is -0.507 e. The van der Waals surface area contributed by atoms with Crippen LogP contribution in [0.2, 0.25) is 0 Å². The zero-order valence-corrected chi connectivity index (χ0v) is 19.6. The van der Waals surface area contributed by atoms with Crippen LogP contribution in [0.4, 0.5) is 5.95 Å². The molecule has 2 N–H and O–H groups in total. The minimum atomic E-state index is 0.0547. The highest BCUT2D eigenvalue weighted by Gasteiger charge is 2.24. The van der Waals surface area contributed by atoms with Crippen molar-refractivity contribution in [2.45, 2.75) is 26.8 Å². The summed E-state index contributed by atoms with van der Waals surface area (Å²) < 4.78 is 6.88. The smallest absolute Gasteiger partial charge is 0.245 e. The third-order valence-corrected chi connectivity index (χ3v) is 6.02. The van der Waals surface area contributed by atoms with Crippen molar-refractivity contribution in [3.63, 3.8) is 0 Å². The summed E-state index contributed by atoms with van der Waals surface area (Å²) in [4.78, 5) is 11.0. The number of benzene rings is 1. The number of phenolic OH excluding ortho intramolecular Hbond substituents is 1. The first-order valence-corrected chi connectivity index (χ1v) is 11.2. The van der Waals surface area contributed by atoms with E-state index < -0.39 is 0 Å². The molecule has 11 nitrogen and oxygen atoms in total. The maximum Gasteiger partial charge on any atom is 0.245 e. The second kappa shape index (κ2) is 8.82. The Kier molecular flexibility index (Phi) is 5.70. The van der Waals surface area contributed by atoms with E-state index in [9.17, 15) is 5.11 Å². The van der Waals surface area contributed by atoms with Gasteiger partial charge < -0.3 is 20.1 Å². The van der Waals surface area contributed by atoms with E-state index in [0.717, 1.165) is 19.6 Å². The van der Waals surface area contributed by atoms with Gasteiger partial charge in [0.1, 0.15) is 11.4 Å². The number of aryl methyl sites for hydroxylation is 1. The monoisotopic (exact) mass is 461 g/mol. The highest BCUT2D eigenvalue weighted by atomic mass is 16.5. The molecule has 176 valence electrons. The molecule has 11 heteroatoms. The Bertz CT molecular complexity index is 1320. The molecule has 1 aliphatic heterocycles. The fourth-order valence-electron chi connectivity index (χ4n) is 4.09. The fraction of sp³-hybridized carbons (Fsp3) is 0.391. The van der Waals surface area contributed by atoms with E-state index in [2.05, 4.69) is 54.4 Å². The lowest BCUT2D eigenvalue weighted by atomic mass is 10.0. The van der Waals surface area contributed by atoms with Gasteiger partial charge in [-0.15, -0.1) is 25.0 Å². The van der Waals surface area contributed by atoms with Crippen molar-refractivity contribution in [1.29, 1.82) is 0 Å². The minimum absolute atomic E-state index is 0.0547. The van der Waals surface area contributed by atoms with Crippen molar-refractivity contribution in [3.8, 4) is 34.0 Å². The number of hydrogen-bond donors (Lipinski definition) is 2. The number of aromatic hydroxyl groups is 1. The Morgan fingerprint density at radius 2 is 2.00 bits per heavy atom. The number of nitrogens with zero attached hydrogens (tertiary/aromatic N) is 8. The van der Waals surface area contributed by atoms with E-state index in [1.807, 2.05) is 6.07 Å². The van der Waals surface area contributed by atoms with Gasteiger partial charge >= 0.3 is 0 Å². The van der Waals surface area contributed by atoms with E-state index in [4.69, 9.17) is 4.74 Å². The standard InChI is InChI=1S/C23H27N9O2/c1-13(2)19-12-31(8-7-24-19)23-25-11-18(27-28-23)16-6-5-15(9-20(16)33)17-10-21(34-4)22-26-14(3)29-32(22)30-17/h5-6,9-11,13,19,24,33H,7-8,12H2,1-4H3. The second-order valence-electron chi connectivity index (χ2n) is 8.70. The van der Waals surface area contributed by atoms with Gasteiger partial charge in [0.15, 0.2) is 11.6 Å². The summed E-state index contributed by atoms with van der Waals surface area (Å²) in [5, 5.41) is 31.7. The molecule has 34 heavy (non-hydrogen) atoms. The Morgan fingerprint density at radius 3 is 2.71 bits per heavy atom. The molecule has 1 atom stereocenters. The molecule has 4 heterocycles. The number of nitrogens with one attached hydrogen (secondary N) is 1. The lowest BCUT2D eigenvalue weighted by Gasteiger charge is -2.35. The Balaban J connectivity index is 1.40. The van der Waals surface area contributed by atoms with Crippen molar-refractivity contribution in [3.05, 3.63) is 36.3 Å². The molecule has 0 radical (unpaired) electrons. The zero-order valence-electron chi connectivity index (χ0n) is 19.6. The molecule has 5 rings (SSSR count). The number of piperazine rings is 1. The maximum absolute atomic E-state index is 10.8. The third-order valence-electron chi connectivity index (χ3n) is 6.02. The highest BCUT2D eigenvalue weighted by Crippen LogP contribution is 2.33. The van der Waals surface area contributed by atoms with Crippen LogP contribution < -0.4 is 15.0 Å². The van der Waals surface area contributed by atoms with Crippen LogP contribution in [0, 0.1) is 12.8 Å². The van der Waals surface area contributed by atoms with Crippen molar-refractivity contribution < 1.29 is 9.84 Å². The predicted molar refractivity (Wildman–Crippen MR) is 127 cm³/mol. The Labute approximate surface area is 196 Å². The molecular weight excluding hydrogens is 434 g/mol. The van der Waals surface area contributed by atoms with Gasteiger partial charge in [-0.25, -0.2) is 9.97 Å². The van der Waals surface area contributed by atoms with Crippen molar-refractivity contribution in [2.75, 3.05) is 31.6 Å². The van der Waals surface area contributed by atoms with Crippen molar-refractivity contribution in [1.82, 2.24) is 40.3 Å². The van der Waals surface area contributed by atoms with Gasteiger partial charge in [-0.3, -0.25) is 0 Å². The Hall–Kier alpha value is -3.86. The molecule has 4 aromatic rings. The van der Waals surface area contributed by atoms with Crippen LogP contribution in [-0.2, 0) is 0 Å². The first-order chi connectivity index (χ1) is 16.4. The van der Waals surface area contributed by atoms with E-state index in [0.29, 0.717) is 57.6 Å². The average molecular weight is 462 g/mol. The number of phenols is 1. The molecule has 0 bridgehead atoms. The molecule has 0 amide bonds. The lowest BCUT2D eigenvalue weighted by molar-refractivity contribution is 0.365. The molecule has 0 spiro atoms. The van der Waals surface area contributed by atoms with Crippen LogP contribution in [-0.4, -0.2) is 72.9 Å². The number of anilines is 1. The van der Waals surface area contributed by atoms with E-state index in [-0.39, 0.29) is 5.75 Å². The molecular formula is C23H27N9O2. The largest absolute Gasteiger partial charge is 0.507 e. The molecule has 1 aromatic carbocycles. The topological polar surface area (TPSA) is 126 Å². The summed E-state index contributed by atoms with van der Waals surface area (Å²) in [7, 11) is 1.57. The number of rotatable bonds is 5. The summed E-state index contributed by atoms with van der Waals surface area (Å²) in [6, 6.07) is 7.42. The summed E-state index contributed by atoms with van der Waals surface area (Å²) >= 11 is 0. The first kappa shape index (κ1) is 22.0. The quantitative estimate of drug-likeness (QED) is 0.456. The molecule has 3 aromatic heterocycles. The van der Waals surface area contributed by atoms with Crippen LogP contribution in [0.15, 0.2) is 30.5 Å². The van der Waals surface area contributed by atoms with Crippen LogP contribution in [0.3, 0.4) is 0 Å². The van der Waals surface area contributed by atoms with Gasteiger partial charge in [0, 0.05) is 42.9 Å². The van der Waals surface area contributed by atoms with Gasteiger partial charge in [-0.1, -0.05) is 19.9 Å². The van der Waals surface area contributed by atoms with E-state index >= 15 is 0 Å². The Morgan fingerprint density at radius 1 is 1.15 bits per heavy atom. The number of hydrogen-bond acceptors (Lipinski definition) is 10. The molecule has 0 aliphatic carbocycles. The molecule has 0 saturated carbocycles. The van der Waals surface area contributed by atoms with Gasteiger partial charge in [-0.05, 0) is 25.0 Å². The first-order valence-electron chi connectivity index (χ1n) is 11.2. The summed E-state index contributed by atoms with van der Waals surface area (Å²) in [5.41, 5.74) is 2.87. The normalized spacial score (nSPS) is 16.4. The number of ether oxygens (including phenoxy) is 1. The van der Waals surface area contributed by atoms with Crippen LogP contribution in [0.25, 0.3) is 28.2 Å². The number of aromatic nitrogens is 7. The molecule has 1 unspecified atom stereocenters. The number of methoxy groups -OCH3 is 1. The van der Waals surface area contributed by atoms with Crippen LogP contribution in [0.5, 0.6) is 11.5 Å². The van der Waals surface area contributed by atoms with Crippen LogP contribution >= 0.6 is 0 Å². The van der Waals surface area contributed by atoms with Gasteiger partial charge in [0.2, 0.25) is 11.6 Å². The zero-order chi connectivity index (χ0) is 23.8. The molecule has 1 saturated heterocycles. The second-order valence-corrected chi connectivity index (χ2v) is 8.70. The van der Waals surface area contributed by atoms with Gasteiger partial charge in [0.05, 0.1) is 19.0 Å². The van der Waals surface area contributed by atoms with Gasteiger partial charge in [-0.2, -0.15) is 0 Å². The lowest BCUT2D eigenvalue weighted by Crippen LogP contribution is -2.53.